The molecule has 0 amide bonds. The molecule has 1 aromatic heterocycles. The molecule has 0 fully saturated rings. The van der Waals surface area contributed by atoms with Gasteiger partial charge in [-0.25, -0.2) is 4.39 Å². The Morgan fingerprint density at radius 3 is 2.74 bits per heavy atom. The van der Waals surface area contributed by atoms with Gasteiger partial charge in [-0.05, 0) is 24.1 Å². The molecule has 0 bridgehead atoms. The predicted octanol–water partition coefficient (Wildman–Crippen LogP) is 1.63. The van der Waals surface area contributed by atoms with Crippen molar-refractivity contribution in [2.45, 2.75) is 19.4 Å². The van der Waals surface area contributed by atoms with Gasteiger partial charge in [-0.3, -0.25) is 4.79 Å². The molecule has 0 spiro atoms. The van der Waals surface area contributed by atoms with E-state index in [0.29, 0.717) is 12.2 Å². The summed E-state index contributed by atoms with van der Waals surface area (Å²) in [4.78, 5) is 11.5. The highest BCUT2D eigenvalue weighted by Gasteiger charge is 2.07. The van der Waals surface area contributed by atoms with E-state index >= 15 is 0 Å². The van der Waals surface area contributed by atoms with E-state index in [-0.39, 0.29) is 24.8 Å². The summed E-state index contributed by atoms with van der Waals surface area (Å²) in [5.41, 5.74) is 0.900. The second kappa shape index (κ2) is 6.08. The molecule has 19 heavy (non-hydrogen) atoms. The van der Waals surface area contributed by atoms with E-state index < -0.39 is 0 Å². The van der Waals surface area contributed by atoms with E-state index in [1.807, 2.05) is 0 Å². The number of esters is 1. The van der Waals surface area contributed by atoms with E-state index in [0.717, 1.165) is 5.56 Å². The largest absolute Gasteiger partial charge is 0.457 e. The van der Waals surface area contributed by atoms with Crippen LogP contribution in [-0.2, 0) is 29.6 Å². The molecule has 1 heterocycles. The van der Waals surface area contributed by atoms with Crippen molar-refractivity contribution < 1.29 is 13.9 Å². The highest BCUT2D eigenvalue weighted by molar-refractivity contribution is 5.69. The first-order valence-electron chi connectivity index (χ1n) is 5.88. The van der Waals surface area contributed by atoms with Crippen molar-refractivity contribution in [1.82, 2.24) is 14.8 Å². The first-order valence-corrected chi connectivity index (χ1v) is 5.88. The van der Waals surface area contributed by atoms with E-state index in [1.165, 1.54) is 12.1 Å². The third kappa shape index (κ3) is 3.87. The Morgan fingerprint density at radius 2 is 2.11 bits per heavy atom. The van der Waals surface area contributed by atoms with Gasteiger partial charge in [0.25, 0.3) is 0 Å². The molecule has 0 saturated carbocycles. The highest BCUT2D eigenvalue weighted by atomic mass is 19.1. The molecule has 5 nitrogen and oxygen atoms in total. The molecule has 0 saturated heterocycles. The summed E-state index contributed by atoms with van der Waals surface area (Å²) in [6, 6.07) is 6.07. The highest BCUT2D eigenvalue weighted by Crippen LogP contribution is 2.06. The van der Waals surface area contributed by atoms with Gasteiger partial charge in [-0.15, -0.1) is 10.2 Å². The minimum absolute atomic E-state index is 0.110. The second-order valence-electron chi connectivity index (χ2n) is 4.15. The van der Waals surface area contributed by atoms with Gasteiger partial charge in [-0.2, -0.15) is 0 Å². The van der Waals surface area contributed by atoms with Gasteiger partial charge in [0.15, 0.2) is 12.4 Å². The van der Waals surface area contributed by atoms with Gasteiger partial charge in [0.2, 0.25) is 0 Å². The number of halogens is 1. The van der Waals surface area contributed by atoms with E-state index in [4.69, 9.17) is 4.74 Å². The number of aromatic nitrogens is 3. The van der Waals surface area contributed by atoms with Crippen molar-refractivity contribution >= 4 is 5.97 Å². The average Bonchev–Trinajstić information content (AvgIpc) is 2.81. The number of hydrogen-bond acceptors (Lipinski definition) is 4. The topological polar surface area (TPSA) is 57.0 Å². The zero-order valence-electron chi connectivity index (χ0n) is 10.5. The van der Waals surface area contributed by atoms with Crippen molar-refractivity contribution in [3.63, 3.8) is 0 Å². The van der Waals surface area contributed by atoms with Gasteiger partial charge in [0.05, 0.1) is 0 Å². The van der Waals surface area contributed by atoms with E-state index in [1.54, 1.807) is 30.1 Å². The Labute approximate surface area is 110 Å². The van der Waals surface area contributed by atoms with Crippen molar-refractivity contribution in [3.05, 3.63) is 47.8 Å². The second-order valence-corrected chi connectivity index (χ2v) is 4.15. The monoisotopic (exact) mass is 263 g/mol. The van der Waals surface area contributed by atoms with Gasteiger partial charge < -0.3 is 9.30 Å². The van der Waals surface area contributed by atoms with Gasteiger partial charge in [-0.1, -0.05) is 12.1 Å². The Bertz CT molecular complexity index is 551. The van der Waals surface area contributed by atoms with Crippen LogP contribution in [0.5, 0.6) is 0 Å². The molecule has 0 aliphatic rings. The number of ether oxygens (including phenoxy) is 1. The summed E-state index contributed by atoms with van der Waals surface area (Å²) in [6.07, 6.45) is 2.32. The molecule has 0 N–H and O–H groups in total. The standard InChI is InChI=1S/C13H14FN3O2/c1-17-9-15-16-12(17)8-19-13(18)7-4-10-2-5-11(14)6-3-10/h2-3,5-6,9H,4,7-8H2,1H3. The molecule has 2 aromatic rings. The van der Waals surface area contributed by atoms with Crippen molar-refractivity contribution in [2.75, 3.05) is 0 Å². The maximum Gasteiger partial charge on any atom is 0.306 e. The molecule has 0 unspecified atom stereocenters. The van der Waals surface area contributed by atoms with Crippen LogP contribution in [0, 0.1) is 5.82 Å². The number of carbonyl (C=O) groups excluding carboxylic acids is 1. The van der Waals surface area contributed by atoms with Crippen molar-refractivity contribution in [3.8, 4) is 0 Å². The third-order valence-corrected chi connectivity index (χ3v) is 2.70. The quantitative estimate of drug-likeness (QED) is 0.769. The number of hydrogen-bond donors (Lipinski definition) is 0. The van der Waals surface area contributed by atoms with Crippen LogP contribution in [0.1, 0.15) is 17.8 Å². The van der Waals surface area contributed by atoms with Gasteiger partial charge in [0.1, 0.15) is 12.1 Å². The summed E-state index contributed by atoms with van der Waals surface area (Å²) in [5, 5.41) is 7.50. The van der Waals surface area contributed by atoms with Crippen LogP contribution in [0.15, 0.2) is 30.6 Å². The van der Waals surface area contributed by atoms with Crippen molar-refractivity contribution in [2.24, 2.45) is 7.05 Å². The molecular weight excluding hydrogens is 249 g/mol. The van der Waals surface area contributed by atoms with Crippen LogP contribution in [-0.4, -0.2) is 20.7 Å². The minimum atomic E-state index is -0.313. The summed E-state index contributed by atoms with van der Waals surface area (Å²) in [6.45, 7) is 0.110. The molecule has 0 aliphatic heterocycles. The number of rotatable bonds is 5. The smallest absolute Gasteiger partial charge is 0.306 e. The first kappa shape index (κ1) is 13.2. The molecule has 0 radical (unpaired) electrons. The molecule has 6 heteroatoms. The maximum atomic E-state index is 12.7. The summed E-state index contributed by atoms with van der Waals surface area (Å²) in [5.74, 6) is -0.00364. The first-order chi connectivity index (χ1) is 9.15. The molecule has 100 valence electrons. The van der Waals surface area contributed by atoms with Crippen LogP contribution in [0.25, 0.3) is 0 Å². The lowest BCUT2D eigenvalue weighted by Crippen LogP contribution is -2.08. The minimum Gasteiger partial charge on any atom is -0.457 e. The number of aryl methyl sites for hydroxylation is 2. The summed E-state index contributed by atoms with van der Waals surface area (Å²) >= 11 is 0. The molecule has 2 rings (SSSR count). The lowest BCUT2D eigenvalue weighted by molar-refractivity contribution is -0.145. The molecule has 1 aromatic carbocycles. The fourth-order valence-electron chi connectivity index (χ4n) is 1.55. The SMILES string of the molecule is Cn1cnnc1COC(=O)CCc1ccc(F)cc1. The lowest BCUT2D eigenvalue weighted by Gasteiger charge is -2.04. The summed E-state index contributed by atoms with van der Waals surface area (Å²) < 4.78 is 19.5. The maximum absolute atomic E-state index is 12.7. The molecule has 0 atom stereocenters. The number of carbonyl (C=O) groups is 1. The normalized spacial score (nSPS) is 10.4. The van der Waals surface area contributed by atoms with Crippen LogP contribution < -0.4 is 0 Å². The van der Waals surface area contributed by atoms with E-state index in [9.17, 15) is 9.18 Å². The van der Waals surface area contributed by atoms with Crippen LogP contribution in [0.2, 0.25) is 0 Å². The number of benzene rings is 1. The van der Waals surface area contributed by atoms with Crippen LogP contribution in [0.3, 0.4) is 0 Å². The van der Waals surface area contributed by atoms with Crippen LogP contribution >= 0.6 is 0 Å². The fraction of sp³-hybridized carbons (Fsp3) is 0.308. The van der Waals surface area contributed by atoms with Gasteiger partial charge >= 0.3 is 5.97 Å². The van der Waals surface area contributed by atoms with E-state index in [2.05, 4.69) is 10.2 Å². The Balaban J connectivity index is 1.76. The Morgan fingerprint density at radius 1 is 1.37 bits per heavy atom. The zero-order chi connectivity index (χ0) is 13.7. The zero-order valence-corrected chi connectivity index (χ0v) is 10.5. The molecular formula is C13H14FN3O2. The Kier molecular flexibility index (Phi) is 4.22. The molecule has 0 aliphatic carbocycles. The predicted molar refractivity (Wildman–Crippen MR) is 65.5 cm³/mol. The lowest BCUT2D eigenvalue weighted by atomic mass is 10.1. The Hall–Kier alpha value is -2.24. The van der Waals surface area contributed by atoms with Crippen LogP contribution in [0.4, 0.5) is 4.39 Å². The average molecular weight is 263 g/mol. The van der Waals surface area contributed by atoms with Gasteiger partial charge in [0, 0.05) is 13.5 Å². The fourth-order valence-corrected chi connectivity index (χ4v) is 1.55. The third-order valence-electron chi connectivity index (χ3n) is 2.70. The number of nitrogens with zero attached hydrogens (tertiary/aromatic N) is 3. The van der Waals surface area contributed by atoms with Crippen molar-refractivity contribution in [1.29, 1.82) is 0 Å². The summed E-state index contributed by atoms with van der Waals surface area (Å²) in [7, 11) is 1.78.